The minimum absolute atomic E-state index is 0.0662. The molecule has 7 nitrogen and oxygen atoms in total. The molecule has 4 rings (SSSR count). The van der Waals surface area contributed by atoms with Crippen LogP contribution in [-0.4, -0.2) is 14.3 Å². The Balaban J connectivity index is 1.43. The average Bonchev–Trinajstić information content (AvgIpc) is 3.48. The number of nitrogens with one attached hydrogen (secondary N) is 2. The van der Waals surface area contributed by atoms with Crippen molar-refractivity contribution in [3.05, 3.63) is 100 Å². The zero-order chi connectivity index (χ0) is 23.3. The highest BCUT2D eigenvalue weighted by atomic mass is 32.2. The Hall–Kier alpha value is -3.40. The Bertz CT molecular complexity index is 1330. The van der Waals surface area contributed by atoms with E-state index in [0.717, 1.165) is 28.2 Å². The smallest absolute Gasteiger partial charge is 0.267 e. The number of aryl methyl sites for hydroxylation is 1. The fraction of sp³-hybridized carbons (Fsp3) is 0.125. The number of sulfonamides is 1. The number of furan rings is 1. The van der Waals surface area contributed by atoms with E-state index in [0.29, 0.717) is 24.6 Å². The number of carbonyl (C=O) groups excluding carboxylic acids is 1. The predicted octanol–water partition coefficient (Wildman–Crippen LogP) is 5.42. The number of ether oxygens (including phenoxy) is 1. The van der Waals surface area contributed by atoms with E-state index in [4.69, 9.17) is 9.15 Å². The monoisotopic (exact) mass is 482 g/mol. The van der Waals surface area contributed by atoms with Crippen LogP contribution in [-0.2, 0) is 28.0 Å². The first kappa shape index (κ1) is 22.8. The Morgan fingerprint density at radius 3 is 2.58 bits per heavy atom. The third-order valence-electron chi connectivity index (χ3n) is 4.71. The highest BCUT2D eigenvalue weighted by molar-refractivity contribution is 7.93. The number of rotatable bonds is 9. The standard InChI is InChI=1S/C24H22N2O5S2/c1-17-7-9-19(10-8-17)26-33(28,29)22-11-13-32-23(22)24(27)25-20-5-2-4-18(14-20)15-30-16-21-6-3-12-31-21/h2-14,26H,15-16H2,1H3,(H,25,27). The zero-order valence-electron chi connectivity index (χ0n) is 17.8. The van der Waals surface area contributed by atoms with E-state index in [2.05, 4.69) is 10.0 Å². The zero-order valence-corrected chi connectivity index (χ0v) is 19.4. The van der Waals surface area contributed by atoms with Crippen molar-refractivity contribution >= 4 is 38.6 Å². The SMILES string of the molecule is Cc1ccc(NS(=O)(=O)c2ccsc2C(=O)Nc2cccc(COCc3ccco3)c2)cc1. The van der Waals surface area contributed by atoms with E-state index in [1.807, 2.05) is 31.2 Å². The molecule has 0 radical (unpaired) electrons. The van der Waals surface area contributed by atoms with E-state index in [-0.39, 0.29) is 9.77 Å². The largest absolute Gasteiger partial charge is 0.467 e. The van der Waals surface area contributed by atoms with Crippen LogP contribution in [0.4, 0.5) is 11.4 Å². The van der Waals surface area contributed by atoms with Gasteiger partial charge in [0.05, 0.1) is 12.9 Å². The van der Waals surface area contributed by atoms with Crippen LogP contribution < -0.4 is 10.0 Å². The summed E-state index contributed by atoms with van der Waals surface area (Å²) >= 11 is 1.07. The third-order valence-corrected chi connectivity index (χ3v) is 7.17. The van der Waals surface area contributed by atoms with E-state index < -0.39 is 15.9 Å². The number of carbonyl (C=O) groups is 1. The lowest BCUT2D eigenvalue weighted by Gasteiger charge is -2.10. The summed E-state index contributed by atoms with van der Waals surface area (Å²) in [6.07, 6.45) is 1.59. The first-order chi connectivity index (χ1) is 15.9. The van der Waals surface area contributed by atoms with E-state index in [1.165, 1.54) is 6.07 Å². The molecule has 9 heteroatoms. The number of anilines is 2. The van der Waals surface area contributed by atoms with Crippen molar-refractivity contribution < 1.29 is 22.4 Å². The lowest BCUT2D eigenvalue weighted by Crippen LogP contribution is -2.18. The number of thiophene rings is 1. The van der Waals surface area contributed by atoms with E-state index >= 15 is 0 Å². The molecule has 0 aliphatic rings. The summed E-state index contributed by atoms with van der Waals surface area (Å²) in [6.45, 7) is 2.59. The number of amides is 1. The van der Waals surface area contributed by atoms with Gasteiger partial charge >= 0.3 is 0 Å². The quantitative estimate of drug-likeness (QED) is 0.332. The van der Waals surface area contributed by atoms with Crippen LogP contribution in [0.25, 0.3) is 0 Å². The van der Waals surface area contributed by atoms with Crippen molar-refractivity contribution in [2.45, 2.75) is 25.0 Å². The fourth-order valence-corrected chi connectivity index (χ4v) is 5.48. The van der Waals surface area contributed by atoms with Gasteiger partial charge in [0.2, 0.25) is 0 Å². The average molecular weight is 483 g/mol. The van der Waals surface area contributed by atoms with Gasteiger partial charge in [-0.1, -0.05) is 29.8 Å². The van der Waals surface area contributed by atoms with Gasteiger partial charge in [0.1, 0.15) is 22.1 Å². The van der Waals surface area contributed by atoms with Crippen molar-refractivity contribution in [1.82, 2.24) is 0 Å². The molecule has 0 fully saturated rings. The van der Waals surface area contributed by atoms with Crippen LogP contribution in [0.3, 0.4) is 0 Å². The molecule has 0 aliphatic carbocycles. The first-order valence-corrected chi connectivity index (χ1v) is 12.4. The Kier molecular flexibility index (Phi) is 6.93. The van der Waals surface area contributed by atoms with Gasteiger partial charge in [0.15, 0.2) is 0 Å². The van der Waals surface area contributed by atoms with Crippen molar-refractivity contribution in [3.63, 3.8) is 0 Å². The maximum atomic E-state index is 12.9. The maximum Gasteiger partial charge on any atom is 0.267 e. The molecule has 0 saturated carbocycles. The summed E-state index contributed by atoms with van der Waals surface area (Å²) in [4.78, 5) is 12.9. The number of benzene rings is 2. The Labute approximate surface area is 196 Å². The number of hydrogen-bond acceptors (Lipinski definition) is 6. The Morgan fingerprint density at radius 2 is 1.82 bits per heavy atom. The lowest BCUT2D eigenvalue weighted by molar-refractivity contribution is 0.0929. The van der Waals surface area contributed by atoms with Crippen molar-refractivity contribution in [2.24, 2.45) is 0 Å². The minimum atomic E-state index is -3.92. The summed E-state index contributed by atoms with van der Waals surface area (Å²) in [5, 5.41) is 4.36. The molecule has 0 saturated heterocycles. The van der Waals surface area contributed by atoms with Gasteiger partial charge in [-0.2, -0.15) is 0 Å². The topological polar surface area (TPSA) is 97.6 Å². The first-order valence-electron chi connectivity index (χ1n) is 10.1. The molecule has 4 aromatic rings. The molecule has 33 heavy (non-hydrogen) atoms. The van der Waals surface area contributed by atoms with Gasteiger partial charge in [0, 0.05) is 11.4 Å². The second kappa shape index (κ2) is 10.0. The van der Waals surface area contributed by atoms with Gasteiger partial charge in [-0.25, -0.2) is 8.42 Å². The second-order valence-corrected chi connectivity index (χ2v) is 9.88. The fourth-order valence-electron chi connectivity index (χ4n) is 3.10. The summed E-state index contributed by atoms with van der Waals surface area (Å²) < 4.78 is 39.2. The highest BCUT2D eigenvalue weighted by Crippen LogP contribution is 2.26. The molecule has 2 aromatic carbocycles. The molecule has 0 atom stereocenters. The minimum Gasteiger partial charge on any atom is -0.467 e. The highest BCUT2D eigenvalue weighted by Gasteiger charge is 2.24. The Morgan fingerprint density at radius 1 is 1.00 bits per heavy atom. The van der Waals surface area contributed by atoms with Gasteiger partial charge < -0.3 is 14.5 Å². The molecule has 0 unspecified atom stereocenters. The summed E-state index contributed by atoms with van der Waals surface area (Å²) in [6, 6.07) is 19.2. The summed E-state index contributed by atoms with van der Waals surface area (Å²) in [5.41, 5.74) is 2.85. The van der Waals surface area contributed by atoms with Crippen molar-refractivity contribution in [1.29, 1.82) is 0 Å². The third kappa shape index (κ3) is 5.89. The van der Waals surface area contributed by atoms with Crippen LogP contribution >= 0.6 is 11.3 Å². The van der Waals surface area contributed by atoms with Crippen molar-refractivity contribution in [2.75, 3.05) is 10.0 Å². The molecule has 1 amide bonds. The maximum absolute atomic E-state index is 12.9. The molecule has 170 valence electrons. The van der Waals surface area contributed by atoms with E-state index in [9.17, 15) is 13.2 Å². The second-order valence-electron chi connectivity index (χ2n) is 7.31. The van der Waals surface area contributed by atoms with Gasteiger partial charge in [0.25, 0.3) is 15.9 Å². The van der Waals surface area contributed by atoms with Crippen LogP contribution in [0.1, 0.15) is 26.6 Å². The molecule has 0 bridgehead atoms. The van der Waals surface area contributed by atoms with Crippen LogP contribution in [0, 0.1) is 6.92 Å². The van der Waals surface area contributed by atoms with E-state index in [1.54, 1.807) is 48.0 Å². The van der Waals surface area contributed by atoms with Gasteiger partial charge in [-0.15, -0.1) is 11.3 Å². The molecular formula is C24H22N2O5S2. The molecule has 0 aliphatic heterocycles. The van der Waals surface area contributed by atoms with Crippen LogP contribution in [0.15, 0.2) is 87.7 Å². The molecule has 2 aromatic heterocycles. The molecule has 2 N–H and O–H groups in total. The normalized spacial score (nSPS) is 11.3. The molecule has 0 spiro atoms. The van der Waals surface area contributed by atoms with Crippen LogP contribution in [0.5, 0.6) is 0 Å². The summed E-state index contributed by atoms with van der Waals surface area (Å²) in [7, 11) is -3.92. The van der Waals surface area contributed by atoms with Gasteiger partial charge in [-0.3, -0.25) is 9.52 Å². The summed E-state index contributed by atoms with van der Waals surface area (Å²) in [5.74, 6) is 0.230. The predicted molar refractivity (Wildman–Crippen MR) is 128 cm³/mol. The number of hydrogen-bond donors (Lipinski definition) is 2. The van der Waals surface area contributed by atoms with Crippen molar-refractivity contribution in [3.8, 4) is 0 Å². The van der Waals surface area contributed by atoms with Crippen LogP contribution in [0.2, 0.25) is 0 Å². The molecular weight excluding hydrogens is 460 g/mol. The molecule has 2 heterocycles. The van der Waals surface area contributed by atoms with Gasteiger partial charge in [-0.05, 0) is 60.3 Å². The lowest BCUT2D eigenvalue weighted by atomic mass is 10.2.